The van der Waals surface area contributed by atoms with Gasteiger partial charge in [0.1, 0.15) is 0 Å². The van der Waals surface area contributed by atoms with Crippen LogP contribution in [0.2, 0.25) is 0 Å². The minimum atomic E-state index is -3.68. The van der Waals surface area contributed by atoms with Gasteiger partial charge >= 0.3 is 5.97 Å². The molecule has 2 N–H and O–H groups in total. The number of nitrogens with one attached hydrogen (secondary N) is 1. The quantitative estimate of drug-likeness (QED) is 0.793. The second-order valence-corrected chi connectivity index (χ2v) is 10.2. The molecule has 2 aromatic rings. The molecule has 1 atom stereocenters. The first kappa shape index (κ1) is 19.6. The summed E-state index contributed by atoms with van der Waals surface area (Å²) < 4.78 is 26.5. The van der Waals surface area contributed by atoms with Crippen LogP contribution in [0.1, 0.15) is 44.4 Å². The van der Waals surface area contributed by atoms with Crippen molar-refractivity contribution in [2.75, 3.05) is 0 Å². The molecule has 2 rings (SSSR count). The van der Waals surface area contributed by atoms with Crippen LogP contribution in [0.15, 0.2) is 35.0 Å². The number of benzene rings is 1. The number of sulfonamides is 1. The Kier molecular flexibility index (Phi) is 5.71. The first-order valence-electron chi connectivity index (χ1n) is 7.88. The zero-order valence-corrected chi connectivity index (χ0v) is 16.4. The Hall–Kier alpha value is -1.70. The number of hydrogen-bond acceptors (Lipinski definition) is 4. The number of rotatable bonds is 6. The molecule has 0 fully saturated rings. The predicted molar refractivity (Wildman–Crippen MR) is 101 cm³/mol. The minimum Gasteiger partial charge on any atom is -0.481 e. The lowest BCUT2D eigenvalue weighted by molar-refractivity contribution is -0.137. The van der Waals surface area contributed by atoms with Crippen molar-refractivity contribution in [3.05, 3.63) is 46.2 Å². The fourth-order valence-corrected chi connectivity index (χ4v) is 4.15. The molecule has 0 amide bonds. The van der Waals surface area contributed by atoms with Crippen molar-refractivity contribution >= 4 is 27.3 Å². The van der Waals surface area contributed by atoms with Crippen molar-refractivity contribution in [2.45, 2.75) is 44.9 Å². The lowest BCUT2D eigenvalue weighted by atomic mass is 9.98. The van der Waals surface area contributed by atoms with Gasteiger partial charge in [0.2, 0.25) is 10.0 Å². The molecule has 136 valence electrons. The summed E-state index contributed by atoms with van der Waals surface area (Å²) in [6.07, 6.45) is -0.318. The SMILES string of the molecule is Cc1cscc1-c1cccc([C@@H](CC(=O)O)NS(=O)(=O)C(C)(C)C)c1. The van der Waals surface area contributed by atoms with E-state index in [4.69, 9.17) is 0 Å². The molecule has 5 nitrogen and oxygen atoms in total. The van der Waals surface area contributed by atoms with Crippen molar-refractivity contribution in [3.63, 3.8) is 0 Å². The largest absolute Gasteiger partial charge is 0.481 e. The number of aryl methyl sites for hydroxylation is 1. The second kappa shape index (κ2) is 7.27. The Labute approximate surface area is 152 Å². The highest BCUT2D eigenvalue weighted by atomic mass is 32.2. The van der Waals surface area contributed by atoms with Crippen LogP contribution in [0.25, 0.3) is 11.1 Å². The smallest absolute Gasteiger partial charge is 0.305 e. The molecule has 0 spiro atoms. The van der Waals surface area contributed by atoms with E-state index in [1.165, 1.54) is 0 Å². The van der Waals surface area contributed by atoms with Crippen LogP contribution in [-0.4, -0.2) is 24.2 Å². The van der Waals surface area contributed by atoms with Gasteiger partial charge in [-0.15, -0.1) is 0 Å². The molecule has 0 saturated carbocycles. The van der Waals surface area contributed by atoms with E-state index in [-0.39, 0.29) is 6.42 Å². The molecule has 0 bridgehead atoms. The normalized spacial score (nSPS) is 13.6. The van der Waals surface area contributed by atoms with Gasteiger partial charge in [-0.3, -0.25) is 4.79 Å². The standard InChI is InChI=1S/C18H23NO4S2/c1-12-10-24-11-15(12)13-6-5-7-14(8-13)16(9-17(20)21)19-25(22,23)18(2,3)4/h5-8,10-11,16,19H,9H2,1-4H3,(H,20,21)/t16-/m1/s1. The van der Waals surface area contributed by atoms with Gasteiger partial charge < -0.3 is 5.11 Å². The van der Waals surface area contributed by atoms with Gasteiger partial charge in [0, 0.05) is 0 Å². The van der Waals surface area contributed by atoms with Gasteiger partial charge in [0.25, 0.3) is 0 Å². The second-order valence-electron chi connectivity index (χ2n) is 6.98. The Balaban J connectivity index is 2.42. The maximum atomic E-state index is 12.5. The van der Waals surface area contributed by atoms with Crippen molar-refractivity contribution in [1.29, 1.82) is 0 Å². The van der Waals surface area contributed by atoms with E-state index in [0.717, 1.165) is 16.7 Å². The van der Waals surface area contributed by atoms with Gasteiger partial charge in [-0.25, -0.2) is 13.1 Å². The number of carbonyl (C=O) groups is 1. The summed E-state index contributed by atoms with van der Waals surface area (Å²) in [5.41, 5.74) is 3.78. The summed E-state index contributed by atoms with van der Waals surface area (Å²) in [5.74, 6) is -1.06. The highest BCUT2D eigenvalue weighted by Crippen LogP contribution is 2.30. The lowest BCUT2D eigenvalue weighted by Crippen LogP contribution is -2.41. The fraction of sp³-hybridized carbons (Fsp3) is 0.389. The Morgan fingerprint density at radius 2 is 1.96 bits per heavy atom. The van der Waals surface area contributed by atoms with Crippen molar-refractivity contribution < 1.29 is 18.3 Å². The molecular weight excluding hydrogens is 358 g/mol. The third kappa shape index (κ3) is 4.68. The van der Waals surface area contributed by atoms with Gasteiger partial charge in [0.05, 0.1) is 17.2 Å². The monoisotopic (exact) mass is 381 g/mol. The van der Waals surface area contributed by atoms with E-state index in [9.17, 15) is 18.3 Å². The van der Waals surface area contributed by atoms with E-state index >= 15 is 0 Å². The molecule has 1 aromatic heterocycles. The molecular formula is C18H23NO4S2. The van der Waals surface area contributed by atoms with Crippen LogP contribution >= 0.6 is 11.3 Å². The van der Waals surface area contributed by atoms with Crippen LogP contribution in [0.4, 0.5) is 0 Å². The Morgan fingerprint density at radius 3 is 2.48 bits per heavy atom. The maximum absolute atomic E-state index is 12.5. The number of carboxylic acids is 1. The molecule has 1 aromatic carbocycles. The first-order chi connectivity index (χ1) is 11.5. The third-order valence-electron chi connectivity index (χ3n) is 3.94. The van der Waals surface area contributed by atoms with Gasteiger partial charge in [-0.2, -0.15) is 11.3 Å². The molecule has 0 saturated heterocycles. The topological polar surface area (TPSA) is 83.5 Å². The average Bonchev–Trinajstić information content (AvgIpc) is 2.91. The van der Waals surface area contributed by atoms with E-state index in [2.05, 4.69) is 4.72 Å². The molecule has 0 aliphatic heterocycles. The summed E-state index contributed by atoms with van der Waals surface area (Å²) in [7, 11) is -3.68. The zero-order valence-electron chi connectivity index (χ0n) is 14.7. The lowest BCUT2D eigenvalue weighted by Gasteiger charge is -2.25. The van der Waals surface area contributed by atoms with Crippen LogP contribution < -0.4 is 4.72 Å². The Bertz CT molecular complexity index is 863. The molecule has 0 aliphatic rings. The van der Waals surface area contributed by atoms with Crippen LogP contribution in [-0.2, 0) is 14.8 Å². The summed E-state index contributed by atoms with van der Waals surface area (Å²) >= 11 is 1.59. The summed E-state index contributed by atoms with van der Waals surface area (Å²) in [5, 5.41) is 13.3. The predicted octanol–water partition coefficient (Wildman–Crippen LogP) is 3.96. The Morgan fingerprint density at radius 1 is 1.28 bits per heavy atom. The number of aliphatic carboxylic acids is 1. The van der Waals surface area contributed by atoms with Crippen molar-refractivity contribution in [1.82, 2.24) is 4.72 Å². The molecule has 1 heterocycles. The van der Waals surface area contributed by atoms with E-state index in [1.54, 1.807) is 38.2 Å². The fourth-order valence-electron chi connectivity index (χ4n) is 2.35. The third-order valence-corrected chi connectivity index (χ3v) is 7.01. The number of hydrogen-bond donors (Lipinski definition) is 2. The molecule has 7 heteroatoms. The highest BCUT2D eigenvalue weighted by molar-refractivity contribution is 7.90. The maximum Gasteiger partial charge on any atom is 0.305 e. The number of thiophene rings is 1. The zero-order chi connectivity index (χ0) is 18.8. The number of carboxylic acid groups (broad SMARTS) is 1. The van der Waals surface area contributed by atoms with Crippen LogP contribution in [0.5, 0.6) is 0 Å². The van der Waals surface area contributed by atoms with E-state index < -0.39 is 26.8 Å². The van der Waals surface area contributed by atoms with E-state index in [1.807, 2.05) is 35.9 Å². The average molecular weight is 382 g/mol. The summed E-state index contributed by atoms with van der Waals surface area (Å²) in [6, 6.07) is 6.55. The first-order valence-corrected chi connectivity index (χ1v) is 10.3. The molecule has 25 heavy (non-hydrogen) atoms. The van der Waals surface area contributed by atoms with Crippen molar-refractivity contribution in [2.24, 2.45) is 0 Å². The van der Waals surface area contributed by atoms with E-state index in [0.29, 0.717) is 5.56 Å². The van der Waals surface area contributed by atoms with Gasteiger partial charge in [-0.1, -0.05) is 18.2 Å². The van der Waals surface area contributed by atoms with Gasteiger partial charge in [-0.05, 0) is 66.8 Å². The molecule has 0 aliphatic carbocycles. The summed E-state index contributed by atoms with van der Waals surface area (Å²) in [4.78, 5) is 11.3. The van der Waals surface area contributed by atoms with Crippen LogP contribution in [0.3, 0.4) is 0 Å². The van der Waals surface area contributed by atoms with Crippen molar-refractivity contribution in [3.8, 4) is 11.1 Å². The minimum absolute atomic E-state index is 0.318. The highest BCUT2D eigenvalue weighted by Gasteiger charge is 2.32. The molecule has 0 radical (unpaired) electrons. The summed E-state index contributed by atoms with van der Waals surface area (Å²) in [6.45, 7) is 6.75. The molecule has 0 unspecified atom stereocenters. The van der Waals surface area contributed by atoms with Crippen LogP contribution in [0, 0.1) is 6.92 Å². The van der Waals surface area contributed by atoms with Gasteiger partial charge in [0.15, 0.2) is 0 Å².